The highest BCUT2D eigenvalue weighted by Crippen LogP contribution is 2.43. The van der Waals surface area contributed by atoms with Crippen LogP contribution in [0.2, 0.25) is 0 Å². The second-order valence-electron chi connectivity index (χ2n) is 9.21. The van der Waals surface area contributed by atoms with Gasteiger partial charge in [0.25, 0.3) is 11.8 Å². The van der Waals surface area contributed by atoms with Crippen LogP contribution in [0.15, 0.2) is 45.4 Å². The average molecular weight is 531 g/mol. The van der Waals surface area contributed by atoms with Gasteiger partial charge in [-0.05, 0) is 19.3 Å². The molecule has 36 heavy (non-hydrogen) atoms. The van der Waals surface area contributed by atoms with Crippen LogP contribution in [0.1, 0.15) is 31.4 Å². The van der Waals surface area contributed by atoms with Gasteiger partial charge in [0.05, 0.1) is 18.7 Å². The Morgan fingerprint density at radius 3 is 2.86 bits per heavy atom. The number of thioether (sulfide) groups is 1. The Hall–Kier alpha value is -3.16. The van der Waals surface area contributed by atoms with E-state index in [9.17, 15) is 19.5 Å². The SMILES string of the molecule is CO/N=C(\C(=O)N[C@@H]1C(=O)N2C(C(=O)[O-])=C(C[N+]3(C)C=CC4=C3CCCC4)CS[C@H]12)c1csc(N)n1. The van der Waals surface area contributed by atoms with Crippen LogP contribution in [0, 0.1) is 0 Å². The third kappa shape index (κ3) is 4.10. The maximum atomic E-state index is 13.1. The smallest absolute Gasteiger partial charge is 0.276 e. The monoisotopic (exact) mass is 530 g/mol. The quantitative estimate of drug-likeness (QED) is 0.221. The minimum Gasteiger partial charge on any atom is -0.543 e. The van der Waals surface area contributed by atoms with Gasteiger partial charge in [-0.1, -0.05) is 5.16 Å². The Bertz CT molecular complexity index is 1270. The molecule has 5 rings (SSSR count). The van der Waals surface area contributed by atoms with Crippen LogP contribution >= 0.6 is 23.1 Å². The van der Waals surface area contributed by atoms with E-state index in [4.69, 9.17) is 10.6 Å². The third-order valence-corrected chi connectivity index (χ3v) is 8.92. The van der Waals surface area contributed by atoms with Gasteiger partial charge in [-0.2, -0.15) is 0 Å². The van der Waals surface area contributed by atoms with Gasteiger partial charge in [0, 0.05) is 34.8 Å². The predicted molar refractivity (Wildman–Crippen MR) is 133 cm³/mol. The largest absolute Gasteiger partial charge is 0.543 e. The fourth-order valence-corrected chi connectivity index (χ4v) is 7.14. The third-order valence-electron chi connectivity index (χ3n) is 6.91. The average Bonchev–Trinajstić information content (AvgIpc) is 3.43. The van der Waals surface area contributed by atoms with Gasteiger partial charge < -0.3 is 25.8 Å². The van der Waals surface area contributed by atoms with Crippen LogP contribution in [-0.2, 0) is 19.2 Å². The zero-order valence-corrected chi connectivity index (χ0v) is 21.5. The molecular formula is C23H26N6O5S2. The molecule has 0 bridgehead atoms. The molecule has 1 aliphatic carbocycles. The number of likely N-dealkylation sites (N-methyl/N-ethyl adjacent to an activating group) is 1. The Kier molecular flexibility index (Phi) is 6.39. The molecular weight excluding hydrogens is 504 g/mol. The Balaban J connectivity index is 1.35. The molecule has 190 valence electrons. The highest BCUT2D eigenvalue weighted by atomic mass is 32.2. The van der Waals surface area contributed by atoms with Crippen LogP contribution in [0.25, 0.3) is 0 Å². The molecule has 4 aliphatic rings. The van der Waals surface area contributed by atoms with E-state index in [0.717, 1.165) is 37.0 Å². The van der Waals surface area contributed by atoms with Crippen molar-refractivity contribution in [2.24, 2.45) is 5.16 Å². The van der Waals surface area contributed by atoms with Crippen molar-refractivity contribution in [2.45, 2.75) is 37.1 Å². The summed E-state index contributed by atoms with van der Waals surface area (Å²) in [6.07, 6.45) is 8.55. The molecule has 0 saturated carbocycles. The second-order valence-corrected chi connectivity index (χ2v) is 11.2. The molecule has 3 N–H and O–H groups in total. The van der Waals surface area contributed by atoms with Crippen LogP contribution in [0.5, 0.6) is 0 Å². The first-order valence-corrected chi connectivity index (χ1v) is 13.4. The number of amides is 2. The van der Waals surface area contributed by atoms with E-state index in [0.29, 0.717) is 22.4 Å². The number of aromatic nitrogens is 1. The number of aliphatic carboxylic acids is 1. The standard InChI is InChI=1S/C23H26N6O5S2/c1-29(8-7-12-5-3-4-6-15(12)29)9-13-10-35-21-17(20(31)28(21)18(13)22(32)33)26-19(30)16(27-34-2)14-11-36-23(24)25-14/h7-8,11,17,21H,3-6,9-10H2,1-2H3,(H3-,24,25,26,30,32,33)/b27-16-/t17-,21-,29?/m1/s1. The van der Waals surface area contributed by atoms with E-state index in [1.807, 2.05) is 0 Å². The summed E-state index contributed by atoms with van der Waals surface area (Å²) in [5.41, 5.74) is 8.97. The van der Waals surface area contributed by atoms with Crippen LogP contribution in [0.4, 0.5) is 5.13 Å². The molecule has 0 aromatic carbocycles. The first kappa shape index (κ1) is 24.5. The molecule has 4 heterocycles. The molecule has 1 saturated heterocycles. The van der Waals surface area contributed by atoms with Gasteiger partial charge in [0.1, 0.15) is 42.7 Å². The van der Waals surface area contributed by atoms with Crippen molar-refractivity contribution in [1.82, 2.24) is 15.2 Å². The van der Waals surface area contributed by atoms with E-state index in [1.165, 1.54) is 35.0 Å². The number of thiazole rings is 1. The number of anilines is 1. The van der Waals surface area contributed by atoms with Crippen molar-refractivity contribution in [3.05, 3.63) is 45.9 Å². The molecule has 1 aromatic heterocycles. The van der Waals surface area contributed by atoms with Gasteiger partial charge in [0.2, 0.25) is 0 Å². The summed E-state index contributed by atoms with van der Waals surface area (Å²) in [6.45, 7) is 0.453. The Morgan fingerprint density at radius 1 is 1.39 bits per heavy atom. The van der Waals surface area contributed by atoms with Gasteiger partial charge in [-0.3, -0.25) is 19.0 Å². The molecule has 1 fully saturated rings. The number of nitrogens with two attached hydrogens (primary N) is 1. The van der Waals surface area contributed by atoms with Crippen molar-refractivity contribution in [3.63, 3.8) is 0 Å². The molecule has 1 aromatic rings. The lowest BCUT2D eigenvalue weighted by Crippen LogP contribution is -2.71. The highest BCUT2D eigenvalue weighted by molar-refractivity contribution is 8.00. The van der Waals surface area contributed by atoms with E-state index in [1.54, 1.807) is 5.38 Å². The summed E-state index contributed by atoms with van der Waals surface area (Å²) in [4.78, 5) is 48.3. The van der Waals surface area contributed by atoms with E-state index in [2.05, 4.69) is 34.8 Å². The highest BCUT2D eigenvalue weighted by Gasteiger charge is 2.54. The fraction of sp³-hybridized carbons (Fsp3) is 0.435. The maximum Gasteiger partial charge on any atom is 0.276 e. The number of carboxylic acids is 1. The number of nitrogen functional groups attached to an aromatic ring is 1. The first-order chi connectivity index (χ1) is 17.2. The summed E-state index contributed by atoms with van der Waals surface area (Å²) in [5.74, 6) is -2.15. The number of allylic oxidation sites excluding steroid dienone is 3. The molecule has 11 nitrogen and oxygen atoms in total. The number of carbonyl (C=O) groups excluding carboxylic acids is 3. The van der Waals surface area contributed by atoms with Crippen molar-refractivity contribution in [2.75, 3.05) is 32.2 Å². The molecule has 3 atom stereocenters. The lowest BCUT2D eigenvalue weighted by atomic mass is 9.96. The number of carbonyl (C=O) groups is 3. The second kappa shape index (κ2) is 9.37. The number of hydrogen-bond donors (Lipinski definition) is 2. The normalized spacial score (nSPS) is 27.6. The minimum absolute atomic E-state index is 0.0927. The lowest BCUT2D eigenvalue weighted by Gasteiger charge is -2.51. The summed E-state index contributed by atoms with van der Waals surface area (Å²) < 4.78 is 0.516. The van der Waals surface area contributed by atoms with Crippen LogP contribution < -0.4 is 16.2 Å². The number of carboxylic acid groups (broad SMARTS) is 1. The lowest BCUT2D eigenvalue weighted by molar-refractivity contribution is -0.814. The molecule has 1 unspecified atom stereocenters. The summed E-state index contributed by atoms with van der Waals surface area (Å²) in [7, 11) is 3.36. The van der Waals surface area contributed by atoms with Gasteiger partial charge >= 0.3 is 0 Å². The van der Waals surface area contributed by atoms with Crippen LogP contribution in [-0.4, -0.2) is 75.7 Å². The predicted octanol–water partition coefficient (Wildman–Crippen LogP) is 0.282. The van der Waals surface area contributed by atoms with E-state index in [-0.39, 0.29) is 22.2 Å². The summed E-state index contributed by atoms with van der Waals surface area (Å²) in [6, 6.07) is -0.916. The molecule has 13 heteroatoms. The first-order valence-electron chi connectivity index (χ1n) is 11.5. The van der Waals surface area contributed by atoms with Crippen molar-refractivity contribution in [3.8, 4) is 0 Å². The van der Waals surface area contributed by atoms with Crippen molar-refractivity contribution < 1.29 is 28.8 Å². The van der Waals surface area contributed by atoms with E-state index < -0.39 is 29.2 Å². The Morgan fingerprint density at radius 2 is 2.17 bits per heavy atom. The van der Waals surface area contributed by atoms with Crippen molar-refractivity contribution >= 4 is 51.7 Å². The number of oxime groups is 1. The minimum atomic E-state index is -1.39. The number of β-lactam (4-membered cyclic amide) rings is 1. The number of nitrogens with zero attached hydrogens (tertiary/aromatic N) is 4. The summed E-state index contributed by atoms with van der Waals surface area (Å²) in [5, 5.41) is 19.9. The number of quaternary nitrogens is 1. The molecule has 0 spiro atoms. The topological polar surface area (TPSA) is 150 Å². The molecule has 3 aliphatic heterocycles. The number of hydrogen-bond acceptors (Lipinski definition) is 10. The van der Waals surface area contributed by atoms with Gasteiger partial charge in [-0.25, -0.2) is 4.98 Å². The van der Waals surface area contributed by atoms with E-state index >= 15 is 0 Å². The van der Waals surface area contributed by atoms with Gasteiger partial charge in [-0.15, -0.1) is 23.1 Å². The summed E-state index contributed by atoms with van der Waals surface area (Å²) >= 11 is 2.56. The molecule has 2 amide bonds. The van der Waals surface area contributed by atoms with Gasteiger partial charge in [0.15, 0.2) is 10.8 Å². The zero-order valence-electron chi connectivity index (χ0n) is 19.9. The van der Waals surface area contributed by atoms with Crippen molar-refractivity contribution in [1.29, 1.82) is 0 Å². The maximum absolute atomic E-state index is 13.1. The number of nitrogens with one attached hydrogen (secondary N) is 1. The Labute approximate surface area is 215 Å². The zero-order chi connectivity index (χ0) is 25.6. The fourth-order valence-electron chi connectivity index (χ4n) is 5.26. The molecule has 0 radical (unpaired) electrons. The van der Waals surface area contributed by atoms with Crippen LogP contribution in [0.3, 0.4) is 0 Å². The number of fused-ring (bicyclic) bond motifs is 1. The number of rotatable bonds is 7.